The van der Waals surface area contributed by atoms with E-state index in [1.54, 1.807) is 7.05 Å². The minimum atomic E-state index is 0.138. The van der Waals surface area contributed by atoms with Crippen LogP contribution in [0.15, 0.2) is 30.3 Å². The molecule has 1 aromatic rings. The lowest BCUT2D eigenvalue weighted by molar-refractivity contribution is -0.121. The third-order valence-corrected chi connectivity index (χ3v) is 6.50. The van der Waals surface area contributed by atoms with Gasteiger partial charge in [0.05, 0.1) is 6.61 Å². The van der Waals surface area contributed by atoms with Gasteiger partial charge in [0.15, 0.2) is 0 Å². The number of amides is 1. The number of likely N-dealkylation sites (tertiary alicyclic amines) is 1. The molecule has 1 aliphatic carbocycles. The Morgan fingerprint density at radius 3 is 2.65 bits per heavy atom. The zero-order chi connectivity index (χ0) is 18.4. The molecule has 1 heterocycles. The van der Waals surface area contributed by atoms with Crippen molar-refractivity contribution >= 4 is 5.91 Å². The van der Waals surface area contributed by atoms with Crippen LogP contribution in [0.1, 0.15) is 50.0 Å². The Hall–Kier alpha value is -1.39. The summed E-state index contributed by atoms with van der Waals surface area (Å²) in [6, 6.07) is 11.0. The average Bonchev–Trinajstić information content (AvgIpc) is 3.46. The van der Waals surface area contributed by atoms with E-state index in [0.717, 1.165) is 38.1 Å². The standard InChI is InChI=1S/C22H34N2O2/c1-23-21(25)9-13-24-14-11-22(12-15-24,17-26-2)10-8-19-16-20(19)18-6-4-3-5-7-18/h3-7,19-20H,8-17H2,1-2H3,(H,23,25)/t19-,20?/m1/s1. The first-order valence-corrected chi connectivity index (χ1v) is 10.1. The van der Waals surface area contributed by atoms with Gasteiger partial charge in [-0.1, -0.05) is 30.3 Å². The first kappa shape index (κ1) is 19.4. The van der Waals surface area contributed by atoms with Crippen molar-refractivity contribution in [3.05, 3.63) is 35.9 Å². The Balaban J connectivity index is 1.45. The van der Waals surface area contributed by atoms with Crippen LogP contribution in [0.3, 0.4) is 0 Å². The fourth-order valence-electron chi connectivity index (χ4n) is 4.58. The van der Waals surface area contributed by atoms with Crippen LogP contribution in [0, 0.1) is 11.3 Å². The van der Waals surface area contributed by atoms with Crippen LogP contribution in [-0.4, -0.2) is 51.2 Å². The van der Waals surface area contributed by atoms with Gasteiger partial charge < -0.3 is 15.0 Å². The van der Waals surface area contributed by atoms with Crippen molar-refractivity contribution in [1.29, 1.82) is 0 Å². The lowest BCUT2D eigenvalue weighted by Gasteiger charge is -2.41. The van der Waals surface area contributed by atoms with Gasteiger partial charge in [-0.3, -0.25) is 4.79 Å². The number of carbonyl (C=O) groups excluding carboxylic acids is 1. The monoisotopic (exact) mass is 358 g/mol. The van der Waals surface area contributed by atoms with Crippen molar-refractivity contribution in [2.75, 3.05) is 40.4 Å². The van der Waals surface area contributed by atoms with Crippen LogP contribution in [0.5, 0.6) is 0 Å². The van der Waals surface area contributed by atoms with Gasteiger partial charge in [0, 0.05) is 27.1 Å². The summed E-state index contributed by atoms with van der Waals surface area (Å²) in [6.45, 7) is 3.93. The SMILES string of the molecule is CNC(=O)CCN1CCC(CC[C@@H]2CC2c2ccccc2)(COC)CC1. The van der Waals surface area contributed by atoms with Crippen LogP contribution in [0.4, 0.5) is 0 Å². The number of carbonyl (C=O) groups is 1. The second-order valence-corrected chi connectivity index (χ2v) is 8.25. The Kier molecular flexibility index (Phi) is 6.71. The predicted molar refractivity (Wildman–Crippen MR) is 105 cm³/mol. The zero-order valence-electron chi connectivity index (χ0n) is 16.4. The Morgan fingerprint density at radius 2 is 2.00 bits per heavy atom. The first-order chi connectivity index (χ1) is 12.7. The maximum absolute atomic E-state index is 11.5. The van der Waals surface area contributed by atoms with E-state index in [2.05, 4.69) is 40.5 Å². The number of hydrogen-bond acceptors (Lipinski definition) is 3. The van der Waals surface area contributed by atoms with E-state index in [1.807, 2.05) is 7.11 Å². The van der Waals surface area contributed by atoms with Crippen LogP contribution in [0.2, 0.25) is 0 Å². The number of benzene rings is 1. The first-order valence-electron chi connectivity index (χ1n) is 10.1. The predicted octanol–water partition coefficient (Wildman–Crippen LogP) is 3.44. The van der Waals surface area contributed by atoms with Gasteiger partial charge in [-0.2, -0.15) is 0 Å². The van der Waals surface area contributed by atoms with Gasteiger partial charge in [-0.25, -0.2) is 0 Å². The molecule has 0 spiro atoms. The normalized spacial score (nSPS) is 25.0. The van der Waals surface area contributed by atoms with E-state index in [-0.39, 0.29) is 5.91 Å². The molecule has 1 aliphatic heterocycles. The van der Waals surface area contributed by atoms with Crippen molar-refractivity contribution < 1.29 is 9.53 Å². The highest BCUT2D eigenvalue weighted by Gasteiger charge is 2.41. The maximum Gasteiger partial charge on any atom is 0.221 e. The Morgan fingerprint density at radius 1 is 1.27 bits per heavy atom. The number of nitrogens with one attached hydrogen (secondary N) is 1. The van der Waals surface area contributed by atoms with Crippen molar-refractivity contribution in [3.8, 4) is 0 Å². The van der Waals surface area contributed by atoms with E-state index in [1.165, 1.54) is 37.7 Å². The largest absolute Gasteiger partial charge is 0.384 e. The molecule has 26 heavy (non-hydrogen) atoms. The number of piperidine rings is 1. The number of methoxy groups -OCH3 is 1. The number of rotatable bonds is 9. The quantitative estimate of drug-likeness (QED) is 0.735. The molecule has 1 saturated carbocycles. The molecule has 0 radical (unpaired) electrons. The molecule has 1 saturated heterocycles. The lowest BCUT2D eigenvalue weighted by Crippen LogP contribution is -2.43. The summed E-state index contributed by atoms with van der Waals surface area (Å²) in [5.74, 6) is 1.78. The third-order valence-electron chi connectivity index (χ3n) is 6.50. The van der Waals surface area contributed by atoms with Gasteiger partial charge >= 0.3 is 0 Å². The summed E-state index contributed by atoms with van der Waals surface area (Å²) in [5.41, 5.74) is 1.85. The van der Waals surface area contributed by atoms with Crippen LogP contribution in [0.25, 0.3) is 0 Å². The molecule has 1 aromatic carbocycles. The molecular weight excluding hydrogens is 324 g/mol. The summed E-state index contributed by atoms with van der Waals surface area (Å²) >= 11 is 0. The molecule has 2 fully saturated rings. The topological polar surface area (TPSA) is 41.6 Å². The molecule has 1 amide bonds. The molecule has 144 valence electrons. The van der Waals surface area contributed by atoms with E-state index in [4.69, 9.17) is 4.74 Å². The summed E-state index contributed by atoms with van der Waals surface area (Å²) in [5, 5.41) is 2.71. The van der Waals surface area contributed by atoms with Gasteiger partial charge in [0.1, 0.15) is 0 Å². The number of ether oxygens (including phenoxy) is 1. The highest BCUT2D eigenvalue weighted by molar-refractivity contribution is 5.75. The second-order valence-electron chi connectivity index (χ2n) is 8.25. The average molecular weight is 359 g/mol. The Bertz CT molecular complexity index is 567. The van der Waals surface area contributed by atoms with E-state index in [9.17, 15) is 4.79 Å². The number of hydrogen-bond donors (Lipinski definition) is 1. The lowest BCUT2D eigenvalue weighted by atomic mass is 9.74. The fourth-order valence-corrected chi connectivity index (χ4v) is 4.58. The summed E-state index contributed by atoms with van der Waals surface area (Å²) in [6.07, 6.45) is 6.94. The molecule has 1 N–H and O–H groups in total. The van der Waals surface area contributed by atoms with Crippen LogP contribution in [-0.2, 0) is 9.53 Å². The van der Waals surface area contributed by atoms with Gasteiger partial charge in [0.2, 0.25) is 5.91 Å². The molecule has 2 aliphatic rings. The minimum absolute atomic E-state index is 0.138. The molecule has 0 bridgehead atoms. The molecule has 2 atom stereocenters. The summed E-state index contributed by atoms with van der Waals surface area (Å²) in [7, 11) is 3.55. The van der Waals surface area contributed by atoms with Gasteiger partial charge in [0.25, 0.3) is 0 Å². The van der Waals surface area contributed by atoms with Crippen LogP contribution < -0.4 is 5.32 Å². The molecule has 1 unspecified atom stereocenters. The van der Waals surface area contributed by atoms with Gasteiger partial charge in [-0.15, -0.1) is 0 Å². The van der Waals surface area contributed by atoms with E-state index >= 15 is 0 Å². The van der Waals surface area contributed by atoms with Gasteiger partial charge in [-0.05, 0) is 68.0 Å². The highest BCUT2D eigenvalue weighted by Crippen LogP contribution is 2.52. The fraction of sp³-hybridized carbons (Fsp3) is 0.682. The highest BCUT2D eigenvalue weighted by atomic mass is 16.5. The summed E-state index contributed by atoms with van der Waals surface area (Å²) in [4.78, 5) is 13.9. The van der Waals surface area contributed by atoms with Crippen molar-refractivity contribution in [2.45, 2.75) is 44.4 Å². The zero-order valence-corrected chi connectivity index (χ0v) is 16.4. The second kappa shape index (κ2) is 9.01. The number of nitrogens with zero attached hydrogens (tertiary/aromatic N) is 1. The minimum Gasteiger partial charge on any atom is -0.384 e. The molecular formula is C22H34N2O2. The van der Waals surface area contributed by atoms with E-state index in [0.29, 0.717) is 11.8 Å². The van der Waals surface area contributed by atoms with Crippen molar-refractivity contribution in [3.63, 3.8) is 0 Å². The molecule has 4 nitrogen and oxygen atoms in total. The molecule has 4 heteroatoms. The maximum atomic E-state index is 11.5. The van der Waals surface area contributed by atoms with Crippen LogP contribution >= 0.6 is 0 Å². The molecule has 3 rings (SSSR count). The summed E-state index contributed by atoms with van der Waals surface area (Å²) < 4.78 is 5.62. The third kappa shape index (κ3) is 5.08. The molecule has 0 aromatic heterocycles. The van der Waals surface area contributed by atoms with Crippen molar-refractivity contribution in [2.24, 2.45) is 11.3 Å². The van der Waals surface area contributed by atoms with E-state index < -0.39 is 0 Å². The Labute approximate surface area is 158 Å². The van der Waals surface area contributed by atoms with Crippen molar-refractivity contribution in [1.82, 2.24) is 10.2 Å². The smallest absolute Gasteiger partial charge is 0.221 e.